The molecule has 0 amide bonds. The third-order valence-corrected chi connectivity index (χ3v) is 2.38. The number of hydrogen-bond donors (Lipinski definition) is 3. The van der Waals surface area contributed by atoms with Gasteiger partial charge < -0.3 is 5.32 Å². The fourth-order valence-corrected chi connectivity index (χ4v) is 1.60. The minimum absolute atomic E-state index is 0.0113. The average molecular weight is 302 g/mol. The van der Waals surface area contributed by atoms with Gasteiger partial charge >= 0.3 is 6.18 Å². The number of nitrogens with one attached hydrogen (secondary N) is 2. The second kappa shape index (κ2) is 5.91. The van der Waals surface area contributed by atoms with Crippen molar-refractivity contribution in [3.63, 3.8) is 0 Å². The Bertz CT molecular complexity index is 582. The number of rotatable bonds is 5. The van der Waals surface area contributed by atoms with Crippen LogP contribution in [0.3, 0.4) is 0 Å². The first-order chi connectivity index (χ1) is 9.87. The van der Waals surface area contributed by atoms with Gasteiger partial charge in [-0.25, -0.2) is 10.5 Å². The number of anilines is 2. The zero-order valence-corrected chi connectivity index (χ0v) is 11.0. The molecule has 0 bridgehead atoms. The van der Waals surface area contributed by atoms with Gasteiger partial charge in [0, 0.05) is 18.4 Å². The van der Waals surface area contributed by atoms with Crippen LogP contribution in [0.5, 0.6) is 0 Å². The standard InChI is InChI=1S/C10H13F3N8/c1-6(5-10(11,12)13)16-7-17-8(20-14)19-9(18-7)21-4-2-3-15-21/h2-4,6H,5,14H2,1H3,(H2,16,17,18,19,20). The monoisotopic (exact) mass is 302 g/mol. The molecule has 0 aliphatic heterocycles. The van der Waals surface area contributed by atoms with E-state index in [2.05, 4.69) is 30.8 Å². The van der Waals surface area contributed by atoms with E-state index in [1.165, 1.54) is 17.8 Å². The largest absolute Gasteiger partial charge is 0.391 e. The molecule has 11 heteroatoms. The van der Waals surface area contributed by atoms with E-state index in [1.807, 2.05) is 0 Å². The summed E-state index contributed by atoms with van der Waals surface area (Å²) in [6.45, 7) is 1.38. The quantitative estimate of drug-likeness (QED) is 0.560. The van der Waals surface area contributed by atoms with Crippen LogP contribution in [0.4, 0.5) is 25.1 Å². The number of nitrogens with two attached hydrogens (primary N) is 1. The average Bonchev–Trinajstić information content (AvgIpc) is 2.89. The van der Waals surface area contributed by atoms with Crippen molar-refractivity contribution in [2.45, 2.75) is 25.6 Å². The van der Waals surface area contributed by atoms with Crippen LogP contribution in [0.1, 0.15) is 13.3 Å². The van der Waals surface area contributed by atoms with Crippen LogP contribution >= 0.6 is 0 Å². The molecule has 0 aliphatic carbocycles. The number of halogens is 3. The van der Waals surface area contributed by atoms with Crippen molar-refractivity contribution in [2.24, 2.45) is 5.84 Å². The summed E-state index contributed by atoms with van der Waals surface area (Å²) < 4.78 is 38.3. The molecule has 2 heterocycles. The van der Waals surface area contributed by atoms with E-state index in [-0.39, 0.29) is 17.8 Å². The molecule has 0 saturated heterocycles. The molecular formula is C10H13F3N8. The van der Waals surface area contributed by atoms with Crippen molar-refractivity contribution in [3.8, 4) is 5.95 Å². The number of nitrogens with zero attached hydrogens (tertiary/aromatic N) is 5. The SMILES string of the molecule is CC(CC(F)(F)F)Nc1nc(NN)nc(-n2cccn2)n1. The van der Waals surface area contributed by atoms with Crippen molar-refractivity contribution in [2.75, 3.05) is 10.7 Å². The molecule has 0 aromatic carbocycles. The van der Waals surface area contributed by atoms with E-state index in [0.29, 0.717) is 0 Å². The van der Waals surface area contributed by atoms with Gasteiger partial charge in [-0.1, -0.05) is 0 Å². The Morgan fingerprint density at radius 3 is 2.57 bits per heavy atom. The number of hydrogen-bond acceptors (Lipinski definition) is 7. The predicted molar refractivity (Wildman–Crippen MR) is 68.5 cm³/mol. The lowest BCUT2D eigenvalue weighted by Gasteiger charge is -2.16. The van der Waals surface area contributed by atoms with Crippen LogP contribution in [0, 0.1) is 0 Å². The Labute approximate surface area is 117 Å². The van der Waals surface area contributed by atoms with Gasteiger partial charge in [0.1, 0.15) is 0 Å². The van der Waals surface area contributed by atoms with Crippen LogP contribution in [0.15, 0.2) is 18.5 Å². The lowest BCUT2D eigenvalue weighted by Crippen LogP contribution is -2.26. The lowest BCUT2D eigenvalue weighted by atomic mass is 10.2. The summed E-state index contributed by atoms with van der Waals surface area (Å²) in [4.78, 5) is 11.8. The van der Waals surface area contributed by atoms with Crippen LogP contribution in [0.25, 0.3) is 5.95 Å². The van der Waals surface area contributed by atoms with E-state index in [4.69, 9.17) is 5.84 Å². The van der Waals surface area contributed by atoms with Gasteiger partial charge in [0.2, 0.25) is 11.9 Å². The maximum Gasteiger partial charge on any atom is 0.391 e. The van der Waals surface area contributed by atoms with Gasteiger partial charge in [-0.15, -0.1) is 0 Å². The maximum atomic E-state index is 12.3. The first-order valence-corrected chi connectivity index (χ1v) is 5.93. The summed E-state index contributed by atoms with van der Waals surface area (Å²) in [5.74, 6) is 5.35. The summed E-state index contributed by atoms with van der Waals surface area (Å²) in [6, 6.07) is 0.752. The van der Waals surface area contributed by atoms with Crippen LogP contribution < -0.4 is 16.6 Å². The van der Waals surface area contributed by atoms with Crippen molar-refractivity contribution >= 4 is 11.9 Å². The fourth-order valence-electron chi connectivity index (χ4n) is 1.60. The number of alkyl halides is 3. The molecule has 1 unspecified atom stereocenters. The molecule has 0 aliphatic rings. The molecule has 114 valence electrons. The molecule has 0 fully saturated rings. The molecule has 0 saturated carbocycles. The smallest absolute Gasteiger partial charge is 0.351 e. The van der Waals surface area contributed by atoms with Gasteiger partial charge in [0.15, 0.2) is 0 Å². The third-order valence-electron chi connectivity index (χ3n) is 2.38. The highest BCUT2D eigenvalue weighted by atomic mass is 19.4. The second-order valence-corrected chi connectivity index (χ2v) is 4.24. The van der Waals surface area contributed by atoms with Crippen LogP contribution in [0.2, 0.25) is 0 Å². The molecule has 8 nitrogen and oxygen atoms in total. The van der Waals surface area contributed by atoms with E-state index in [1.54, 1.807) is 12.3 Å². The summed E-state index contributed by atoms with van der Waals surface area (Å²) in [6.07, 6.45) is -2.20. The number of nitrogen functional groups attached to an aromatic ring is 1. The van der Waals surface area contributed by atoms with Crippen LogP contribution in [-0.2, 0) is 0 Å². The molecule has 1 atom stereocenters. The van der Waals surface area contributed by atoms with Gasteiger partial charge in [-0.2, -0.15) is 33.2 Å². The summed E-state index contributed by atoms with van der Waals surface area (Å²) >= 11 is 0. The topological polar surface area (TPSA) is 107 Å². The normalized spacial score (nSPS) is 13.0. The summed E-state index contributed by atoms with van der Waals surface area (Å²) in [5.41, 5.74) is 2.23. The fraction of sp³-hybridized carbons (Fsp3) is 0.400. The highest BCUT2D eigenvalue weighted by Crippen LogP contribution is 2.22. The molecule has 2 rings (SSSR count). The zero-order valence-electron chi connectivity index (χ0n) is 11.0. The Kier molecular flexibility index (Phi) is 4.21. The van der Waals surface area contributed by atoms with E-state index in [0.717, 1.165) is 0 Å². The van der Waals surface area contributed by atoms with E-state index < -0.39 is 18.6 Å². The molecule has 2 aromatic heterocycles. The molecule has 0 radical (unpaired) electrons. The third kappa shape index (κ3) is 4.27. The van der Waals surface area contributed by atoms with E-state index >= 15 is 0 Å². The second-order valence-electron chi connectivity index (χ2n) is 4.24. The van der Waals surface area contributed by atoms with Gasteiger partial charge in [-0.3, -0.25) is 5.43 Å². The van der Waals surface area contributed by atoms with Crippen molar-refractivity contribution in [1.82, 2.24) is 24.7 Å². The molecule has 21 heavy (non-hydrogen) atoms. The first-order valence-electron chi connectivity index (χ1n) is 5.93. The minimum atomic E-state index is -4.28. The molecular weight excluding hydrogens is 289 g/mol. The van der Waals surface area contributed by atoms with E-state index in [9.17, 15) is 13.2 Å². The van der Waals surface area contributed by atoms with Gasteiger partial charge in [-0.05, 0) is 13.0 Å². The van der Waals surface area contributed by atoms with Crippen molar-refractivity contribution in [3.05, 3.63) is 18.5 Å². The predicted octanol–water partition coefficient (Wildman–Crippen LogP) is 1.10. The molecule has 2 aromatic rings. The Morgan fingerprint density at radius 2 is 2.00 bits per heavy atom. The Hall–Kier alpha value is -2.43. The lowest BCUT2D eigenvalue weighted by molar-refractivity contribution is -0.136. The number of aromatic nitrogens is 5. The summed E-state index contributed by atoms with van der Waals surface area (Å²) in [5, 5.41) is 6.49. The maximum absolute atomic E-state index is 12.3. The summed E-state index contributed by atoms with van der Waals surface area (Å²) in [7, 11) is 0. The highest BCUT2D eigenvalue weighted by Gasteiger charge is 2.30. The minimum Gasteiger partial charge on any atom is -0.351 e. The zero-order chi connectivity index (χ0) is 15.5. The first kappa shape index (κ1) is 15.0. The molecule has 0 spiro atoms. The Balaban J connectivity index is 2.21. The van der Waals surface area contributed by atoms with Gasteiger partial charge in [0.05, 0.1) is 6.42 Å². The van der Waals surface area contributed by atoms with Gasteiger partial charge in [0.25, 0.3) is 5.95 Å². The number of hydrazine groups is 1. The van der Waals surface area contributed by atoms with Crippen molar-refractivity contribution < 1.29 is 13.2 Å². The molecule has 4 N–H and O–H groups in total. The van der Waals surface area contributed by atoms with Crippen molar-refractivity contribution in [1.29, 1.82) is 0 Å². The highest BCUT2D eigenvalue weighted by molar-refractivity contribution is 5.37. The van der Waals surface area contributed by atoms with Crippen LogP contribution in [-0.4, -0.2) is 37.0 Å². The Morgan fingerprint density at radius 1 is 1.29 bits per heavy atom.